The van der Waals surface area contributed by atoms with Crippen LogP contribution in [0.3, 0.4) is 0 Å². The van der Waals surface area contributed by atoms with Gasteiger partial charge in [-0.05, 0) is 37.1 Å². The number of hydrazine groups is 1. The molecule has 0 radical (unpaired) electrons. The van der Waals surface area contributed by atoms with Crippen molar-refractivity contribution in [3.05, 3.63) is 35.4 Å². The van der Waals surface area contributed by atoms with E-state index < -0.39 is 11.6 Å². The van der Waals surface area contributed by atoms with Crippen LogP contribution in [0.4, 0.5) is 8.78 Å². The number of ether oxygens (including phenoxy) is 1. The second-order valence-corrected chi connectivity index (χ2v) is 5.44. The molecule has 0 aromatic heterocycles. The molecule has 1 aliphatic rings. The van der Waals surface area contributed by atoms with Crippen LogP contribution in [0.25, 0.3) is 0 Å². The highest BCUT2D eigenvalue weighted by Crippen LogP contribution is 2.15. The molecule has 3 N–H and O–H groups in total. The maximum absolute atomic E-state index is 13.3. The van der Waals surface area contributed by atoms with E-state index >= 15 is 0 Å². The van der Waals surface area contributed by atoms with Gasteiger partial charge in [0.05, 0.1) is 18.8 Å². The van der Waals surface area contributed by atoms with Gasteiger partial charge >= 0.3 is 0 Å². The maximum atomic E-state index is 13.3. The normalized spacial score (nSPS) is 21.4. The summed E-state index contributed by atoms with van der Waals surface area (Å²) in [5.41, 5.74) is 3.45. The maximum Gasteiger partial charge on any atom is 0.159 e. The quantitative estimate of drug-likeness (QED) is 0.617. The zero-order valence-electron chi connectivity index (χ0n) is 12.3. The van der Waals surface area contributed by atoms with Gasteiger partial charge in [-0.25, -0.2) is 8.78 Å². The Balaban J connectivity index is 1.99. The summed E-state index contributed by atoms with van der Waals surface area (Å²) in [6.45, 7) is 5.56. The minimum absolute atomic E-state index is 0.0524. The Morgan fingerprint density at radius 2 is 2.24 bits per heavy atom. The molecule has 1 saturated heterocycles. The van der Waals surface area contributed by atoms with E-state index in [2.05, 4.69) is 17.2 Å². The lowest BCUT2D eigenvalue weighted by Crippen LogP contribution is -2.54. The molecule has 0 amide bonds. The van der Waals surface area contributed by atoms with Crippen LogP contribution in [-0.2, 0) is 11.2 Å². The predicted octanol–water partition coefficient (Wildman–Crippen LogP) is 1.45. The second-order valence-electron chi connectivity index (χ2n) is 5.44. The SMILES string of the molecule is CCCN1CCOC(C(Cc2ccc(F)c(F)c2)NN)C1. The highest BCUT2D eigenvalue weighted by Gasteiger charge is 2.27. The Hall–Kier alpha value is -1.08. The fourth-order valence-corrected chi connectivity index (χ4v) is 2.71. The zero-order chi connectivity index (χ0) is 15.2. The fourth-order valence-electron chi connectivity index (χ4n) is 2.71. The Morgan fingerprint density at radius 3 is 2.90 bits per heavy atom. The van der Waals surface area contributed by atoms with Gasteiger partial charge in [0, 0.05) is 13.1 Å². The molecule has 6 heteroatoms. The van der Waals surface area contributed by atoms with Crippen molar-refractivity contribution in [1.82, 2.24) is 10.3 Å². The van der Waals surface area contributed by atoms with E-state index in [0.717, 1.165) is 32.1 Å². The Morgan fingerprint density at radius 1 is 1.43 bits per heavy atom. The van der Waals surface area contributed by atoms with Gasteiger partial charge < -0.3 is 4.74 Å². The van der Waals surface area contributed by atoms with Crippen molar-refractivity contribution < 1.29 is 13.5 Å². The van der Waals surface area contributed by atoms with Crippen LogP contribution in [0.1, 0.15) is 18.9 Å². The Labute approximate surface area is 124 Å². The number of morpholine rings is 1. The summed E-state index contributed by atoms with van der Waals surface area (Å²) >= 11 is 0. The predicted molar refractivity (Wildman–Crippen MR) is 77.6 cm³/mol. The van der Waals surface area contributed by atoms with Gasteiger partial charge in [-0.3, -0.25) is 16.2 Å². The largest absolute Gasteiger partial charge is 0.374 e. The van der Waals surface area contributed by atoms with E-state index in [1.807, 2.05) is 0 Å². The van der Waals surface area contributed by atoms with E-state index in [1.54, 1.807) is 6.07 Å². The molecule has 118 valence electrons. The lowest BCUT2D eigenvalue weighted by Gasteiger charge is -2.36. The molecule has 1 aromatic carbocycles. The van der Waals surface area contributed by atoms with Crippen LogP contribution in [0, 0.1) is 11.6 Å². The summed E-state index contributed by atoms with van der Waals surface area (Å²) in [4.78, 5) is 2.34. The molecule has 0 spiro atoms. The Bertz CT molecular complexity index is 457. The highest BCUT2D eigenvalue weighted by atomic mass is 19.2. The number of halogens is 2. The molecule has 4 nitrogen and oxygen atoms in total. The zero-order valence-corrected chi connectivity index (χ0v) is 12.3. The molecule has 1 aromatic rings. The number of nitrogens with two attached hydrogens (primary N) is 1. The van der Waals surface area contributed by atoms with Gasteiger partial charge in [-0.15, -0.1) is 0 Å². The summed E-state index contributed by atoms with van der Waals surface area (Å²) < 4.78 is 32.0. The van der Waals surface area contributed by atoms with Crippen LogP contribution in [0.2, 0.25) is 0 Å². The van der Waals surface area contributed by atoms with Gasteiger partial charge in [-0.2, -0.15) is 0 Å². The molecule has 1 fully saturated rings. The molecule has 0 bridgehead atoms. The van der Waals surface area contributed by atoms with Crippen molar-refractivity contribution >= 4 is 0 Å². The molecule has 2 unspecified atom stereocenters. The lowest BCUT2D eigenvalue weighted by molar-refractivity contribution is -0.0462. The Kier molecular flexibility index (Phi) is 6.05. The summed E-state index contributed by atoms with van der Waals surface area (Å²) in [6, 6.07) is 3.81. The topological polar surface area (TPSA) is 50.5 Å². The van der Waals surface area contributed by atoms with E-state index in [0.29, 0.717) is 18.6 Å². The van der Waals surface area contributed by atoms with Gasteiger partial charge in [0.25, 0.3) is 0 Å². The molecule has 0 aliphatic carbocycles. The molecule has 1 aliphatic heterocycles. The average molecular weight is 299 g/mol. The van der Waals surface area contributed by atoms with Crippen LogP contribution in [0.5, 0.6) is 0 Å². The summed E-state index contributed by atoms with van der Waals surface area (Å²) in [6.07, 6.45) is 1.54. The minimum atomic E-state index is -0.834. The number of nitrogens with zero attached hydrogens (tertiary/aromatic N) is 1. The van der Waals surface area contributed by atoms with Crippen molar-refractivity contribution in [3.63, 3.8) is 0 Å². The minimum Gasteiger partial charge on any atom is -0.374 e. The molecule has 1 heterocycles. The second kappa shape index (κ2) is 7.79. The molecular weight excluding hydrogens is 276 g/mol. The number of hydrogen-bond donors (Lipinski definition) is 2. The van der Waals surface area contributed by atoms with E-state index in [4.69, 9.17) is 10.6 Å². The average Bonchev–Trinajstić information content (AvgIpc) is 2.49. The summed E-state index contributed by atoms with van der Waals surface area (Å²) in [7, 11) is 0. The first-order chi connectivity index (χ1) is 10.1. The van der Waals surface area contributed by atoms with Crippen LogP contribution >= 0.6 is 0 Å². The van der Waals surface area contributed by atoms with Crippen molar-refractivity contribution in [2.75, 3.05) is 26.2 Å². The number of nitrogens with one attached hydrogen (secondary N) is 1. The standard InChI is InChI=1S/C15H23F2N3O/c1-2-5-20-6-7-21-15(10-20)14(19-18)9-11-3-4-12(16)13(17)8-11/h3-4,8,14-15,19H,2,5-7,9-10,18H2,1H3. The van der Waals surface area contributed by atoms with Crippen LogP contribution in [0.15, 0.2) is 18.2 Å². The third kappa shape index (κ3) is 4.44. The number of benzene rings is 1. The van der Waals surface area contributed by atoms with E-state index in [1.165, 1.54) is 6.07 Å². The highest BCUT2D eigenvalue weighted by molar-refractivity contribution is 5.19. The van der Waals surface area contributed by atoms with Crippen molar-refractivity contribution in [2.24, 2.45) is 5.84 Å². The fraction of sp³-hybridized carbons (Fsp3) is 0.600. The first-order valence-corrected chi connectivity index (χ1v) is 7.38. The molecule has 0 saturated carbocycles. The van der Waals surface area contributed by atoms with Crippen molar-refractivity contribution in [1.29, 1.82) is 0 Å². The monoisotopic (exact) mass is 299 g/mol. The molecule has 2 rings (SSSR count). The van der Waals surface area contributed by atoms with Gasteiger partial charge in [0.1, 0.15) is 0 Å². The first kappa shape index (κ1) is 16.3. The lowest BCUT2D eigenvalue weighted by atomic mass is 10.00. The van der Waals surface area contributed by atoms with Gasteiger partial charge in [0.15, 0.2) is 11.6 Å². The number of rotatable bonds is 6. The molecule has 21 heavy (non-hydrogen) atoms. The summed E-state index contributed by atoms with van der Waals surface area (Å²) in [5.74, 6) is 3.96. The van der Waals surface area contributed by atoms with Crippen molar-refractivity contribution in [3.8, 4) is 0 Å². The van der Waals surface area contributed by atoms with Crippen molar-refractivity contribution in [2.45, 2.75) is 31.9 Å². The third-order valence-electron chi connectivity index (χ3n) is 3.82. The number of hydrogen-bond acceptors (Lipinski definition) is 4. The van der Waals surface area contributed by atoms with E-state index in [9.17, 15) is 8.78 Å². The van der Waals surface area contributed by atoms with Crippen LogP contribution in [-0.4, -0.2) is 43.3 Å². The summed E-state index contributed by atoms with van der Waals surface area (Å²) in [5, 5.41) is 0. The van der Waals surface area contributed by atoms with Crippen LogP contribution < -0.4 is 11.3 Å². The van der Waals surface area contributed by atoms with Gasteiger partial charge in [0.2, 0.25) is 0 Å². The smallest absolute Gasteiger partial charge is 0.159 e. The third-order valence-corrected chi connectivity index (χ3v) is 3.82. The molecule has 2 atom stereocenters. The molecular formula is C15H23F2N3O. The first-order valence-electron chi connectivity index (χ1n) is 7.38. The van der Waals surface area contributed by atoms with E-state index in [-0.39, 0.29) is 12.1 Å². The van der Waals surface area contributed by atoms with Gasteiger partial charge in [-0.1, -0.05) is 13.0 Å².